The Labute approximate surface area is 201 Å². The van der Waals surface area contributed by atoms with Crippen molar-refractivity contribution in [1.82, 2.24) is 14.9 Å². The van der Waals surface area contributed by atoms with Crippen LogP contribution < -0.4 is 14.5 Å². The number of rotatable bonds is 5. The van der Waals surface area contributed by atoms with Gasteiger partial charge in [-0.3, -0.25) is 4.79 Å². The minimum Gasteiger partial charge on any atom is -0.467 e. The molecule has 0 N–H and O–H groups in total. The number of nitrogens with zero attached hydrogens (tertiary/aromatic N) is 6. The van der Waals surface area contributed by atoms with Crippen LogP contribution in [0.4, 0.5) is 24.7 Å². The van der Waals surface area contributed by atoms with Crippen LogP contribution in [0.25, 0.3) is 0 Å². The lowest BCUT2D eigenvalue weighted by Crippen LogP contribution is -2.55. The Morgan fingerprint density at radius 1 is 1.26 bits per heavy atom. The Hall–Kier alpha value is -3.81. The van der Waals surface area contributed by atoms with E-state index in [1.54, 1.807) is 15.9 Å². The van der Waals surface area contributed by atoms with E-state index in [0.29, 0.717) is 44.1 Å². The molecule has 1 unspecified atom stereocenters. The highest BCUT2D eigenvalue weighted by Gasteiger charge is 2.37. The van der Waals surface area contributed by atoms with Crippen molar-refractivity contribution in [2.75, 3.05) is 43.1 Å². The molecule has 8 nitrogen and oxygen atoms in total. The summed E-state index contributed by atoms with van der Waals surface area (Å²) >= 11 is 0. The highest BCUT2D eigenvalue weighted by atomic mass is 19.4. The van der Waals surface area contributed by atoms with Gasteiger partial charge in [-0.25, -0.2) is 0 Å². The van der Waals surface area contributed by atoms with E-state index in [4.69, 9.17) is 4.74 Å². The standard InChI is InChI=1S/C24H25F3N6O2/c1-3-21(34)33-13-12-32(14-16(33)8-10-28)22-17-9-11-31(15-19(17)29-23(30-22)35-2)20-7-5-4-6-18(20)24(25,26)27/h3-7,16H,1,8-9,11-15H2,2H3. The molecule has 1 saturated heterocycles. The van der Waals surface area contributed by atoms with Gasteiger partial charge in [-0.1, -0.05) is 18.7 Å². The summed E-state index contributed by atoms with van der Waals surface area (Å²) in [6.45, 7) is 5.34. The number of nitriles is 1. The number of aromatic nitrogens is 2. The minimum atomic E-state index is -4.47. The van der Waals surface area contributed by atoms with Gasteiger partial charge in [0.25, 0.3) is 0 Å². The molecule has 1 atom stereocenters. The molecule has 35 heavy (non-hydrogen) atoms. The molecule has 2 aliphatic heterocycles. The zero-order valence-electron chi connectivity index (χ0n) is 19.3. The first-order chi connectivity index (χ1) is 16.8. The van der Waals surface area contributed by atoms with Crippen LogP contribution in [0.15, 0.2) is 36.9 Å². The second kappa shape index (κ2) is 9.82. The maximum Gasteiger partial charge on any atom is 0.418 e. The highest BCUT2D eigenvalue weighted by molar-refractivity contribution is 5.87. The number of carbonyl (C=O) groups excluding carboxylic acids is 1. The number of piperazine rings is 1. The van der Waals surface area contributed by atoms with Gasteiger partial charge in [-0.2, -0.15) is 28.4 Å². The number of fused-ring (bicyclic) bond motifs is 1. The lowest BCUT2D eigenvalue weighted by molar-refractivity contribution is -0.137. The topological polar surface area (TPSA) is 85.6 Å². The maximum absolute atomic E-state index is 13.6. The number of halogens is 3. The molecule has 0 radical (unpaired) electrons. The molecule has 0 aliphatic carbocycles. The number of ether oxygens (including phenoxy) is 1. The first kappa shape index (κ1) is 24.3. The summed E-state index contributed by atoms with van der Waals surface area (Å²) in [5, 5.41) is 9.28. The van der Waals surface area contributed by atoms with E-state index in [1.165, 1.54) is 25.3 Å². The summed E-state index contributed by atoms with van der Waals surface area (Å²) < 4.78 is 46.1. The molecular weight excluding hydrogens is 461 g/mol. The van der Waals surface area contributed by atoms with Gasteiger partial charge in [0.2, 0.25) is 5.91 Å². The van der Waals surface area contributed by atoms with Gasteiger partial charge in [0.15, 0.2) is 0 Å². The number of alkyl halides is 3. The Morgan fingerprint density at radius 2 is 2.03 bits per heavy atom. The molecule has 1 aromatic carbocycles. The molecule has 3 heterocycles. The predicted molar refractivity (Wildman–Crippen MR) is 123 cm³/mol. The molecule has 0 saturated carbocycles. The lowest BCUT2D eigenvalue weighted by Gasteiger charge is -2.42. The molecule has 184 valence electrons. The van der Waals surface area contributed by atoms with Gasteiger partial charge in [-0.05, 0) is 24.6 Å². The Balaban J connectivity index is 1.66. The van der Waals surface area contributed by atoms with Crippen molar-refractivity contribution in [1.29, 1.82) is 5.26 Å². The van der Waals surface area contributed by atoms with Gasteiger partial charge >= 0.3 is 12.2 Å². The van der Waals surface area contributed by atoms with Gasteiger partial charge in [0.05, 0.1) is 43.4 Å². The Kier molecular flexibility index (Phi) is 6.82. The van der Waals surface area contributed by atoms with Crippen LogP contribution in [-0.4, -0.2) is 60.1 Å². The quantitative estimate of drug-likeness (QED) is 0.600. The van der Waals surface area contributed by atoms with Crippen molar-refractivity contribution in [2.24, 2.45) is 0 Å². The average molecular weight is 486 g/mol. The zero-order chi connectivity index (χ0) is 25.2. The molecule has 1 aromatic heterocycles. The van der Waals surface area contributed by atoms with E-state index in [0.717, 1.165) is 11.6 Å². The third-order valence-corrected chi connectivity index (χ3v) is 6.32. The van der Waals surface area contributed by atoms with Crippen molar-refractivity contribution >= 4 is 17.4 Å². The van der Waals surface area contributed by atoms with E-state index >= 15 is 0 Å². The second-order valence-electron chi connectivity index (χ2n) is 8.34. The Morgan fingerprint density at radius 3 is 2.71 bits per heavy atom. The van der Waals surface area contributed by atoms with Crippen molar-refractivity contribution < 1.29 is 22.7 Å². The van der Waals surface area contributed by atoms with Crippen LogP contribution in [0.1, 0.15) is 23.2 Å². The smallest absolute Gasteiger partial charge is 0.418 e. The summed E-state index contributed by atoms with van der Waals surface area (Å²) in [4.78, 5) is 26.6. The van der Waals surface area contributed by atoms with Crippen LogP contribution in [0.2, 0.25) is 0 Å². The minimum absolute atomic E-state index is 0.107. The number of carbonyl (C=O) groups is 1. The molecule has 11 heteroatoms. The maximum atomic E-state index is 13.6. The molecule has 4 rings (SSSR count). The van der Waals surface area contributed by atoms with Crippen LogP contribution in [0, 0.1) is 11.3 Å². The fourth-order valence-corrected chi connectivity index (χ4v) is 4.67. The number of para-hydroxylation sites is 1. The number of hydrogen-bond acceptors (Lipinski definition) is 7. The third-order valence-electron chi connectivity index (χ3n) is 6.32. The number of amides is 1. The monoisotopic (exact) mass is 486 g/mol. The largest absolute Gasteiger partial charge is 0.467 e. The summed E-state index contributed by atoms with van der Waals surface area (Å²) in [6.07, 6.45) is -2.63. The number of methoxy groups -OCH3 is 1. The van der Waals surface area contributed by atoms with Crippen molar-refractivity contribution in [3.8, 4) is 12.1 Å². The van der Waals surface area contributed by atoms with E-state index in [-0.39, 0.29) is 36.6 Å². The summed E-state index contributed by atoms with van der Waals surface area (Å²) in [6, 6.07) is 7.43. The molecular formula is C24H25F3N6O2. The van der Waals surface area contributed by atoms with E-state index in [9.17, 15) is 23.2 Å². The van der Waals surface area contributed by atoms with Crippen LogP contribution in [-0.2, 0) is 23.9 Å². The van der Waals surface area contributed by atoms with Crippen molar-refractivity contribution in [2.45, 2.75) is 31.6 Å². The number of anilines is 2. The summed E-state index contributed by atoms with van der Waals surface area (Å²) in [5.41, 5.74) is 0.852. The second-order valence-corrected chi connectivity index (χ2v) is 8.34. The van der Waals surface area contributed by atoms with Gasteiger partial charge in [0.1, 0.15) is 5.82 Å². The third kappa shape index (κ3) is 4.87. The molecule has 0 spiro atoms. The molecule has 0 bridgehead atoms. The van der Waals surface area contributed by atoms with E-state index in [2.05, 4.69) is 22.6 Å². The first-order valence-corrected chi connectivity index (χ1v) is 11.2. The van der Waals surface area contributed by atoms with Gasteiger partial charge in [-0.15, -0.1) is 0 Å². The Bertz CT molecular complexity index is 1160. The fourth-order valence-electron chi connectivity index (χ4n) is 4.67. The van der Waals surface area contributed by atoms with Crippen LogP contribution >= 0.6 is 0 Å². The summed E-state index contributed by atoms with van der Waals surface area (Å²) in [7, 11) is 1.43. The fraction of sp³-hybridized carbons (Fsp3) is 0.417. The van der Waals surface area contributed by atoms with Gasteiger partial charge < -0.3 is 19.4 Å². The van der Waals surface area contributed by atoms with Crippen molar-refractivity contribution in [3.05, 3.63) is 53.7 Å². The summed E-state index contributed by atoms with van der Waals surface area (Å²) in [5.74, 6) is 0.399. The van der Waals surface area contributed by atoms with Crippen LogP contribution in [0.3, 0.4) is 0 Å². The molecule has 2 aromatic rings. The molecule has 1 amide bonds. The lowest BCUT2D eigenvalue weighted by atomic mass is 10.0. The molecule has 2 aliphatic rings. The predicted octanol–water partition coefficient (Wildman–Crippen LogP) is 3.18. The normalized spacial score (nSPS) is 18.0. The molecule has 1 fully saturated rings. The van der Waals surface area contributed by atoms with E-state index in [1.807, 2.05) is 4.90 Å². The highest BCUT2D eigenvalue weighted by Crippen LogP contribution is 2.39. The number of hydrogen-bond donors (Lipinski definition) is 0. The van der Waals surface area contributed by atoms with Crippen LogP contribution in [0.5, 0.6) is 6.01 Å². The van der Waals surface area contributed by atoms with E-state index < -0.39 is 11.7 Å². The van der Waals surface area contributed by atoms with Crippen molar-refractivity contribution in [3.63, 3.8) is 0 Å². The SMILES string of the molecule is C=CC(=O)N1CCN(c2nc(OC)nc3c2CCN(c2ccccc2C(F)(F)F)C3)CC1CC#N. The first-order valence-electron chi connectivity index (χ1n) is 11.2. The zero-order valence-corrected chi connectivity index (χ0v) is 19.3. The van der Waals surface area contributed by atoms with Gasteiger partial charge in [0, 0.05) is 37.4 Å². The number of benzene rings is 1. The average Bonchev–Trinajstić information content (AvgIpc) is 2.86.